The molecule has 19 heavy (non-hydrogen) atoms. The maximum Gasteiger partial charge on any atom is 0.276 e. The van der Waals surface area contributed by atoms with E-state index < -0.39 is 0 Å². The Labute approximate surface area is 120 Å². The summed E-state index contributed by atoms with van der Waals surface area (Å²) in [7, 11) is 0. The van der Waals surface area contributed by atoms with Crippen molar-refractivity contribution in [3.63, 3.8) is 0 Å². The average Bonchev–Trinajstić information content (AvgIpc) is 2.74. The number of aromatic nitrogens is 3. The fourth-order valence-electron chi connectivity index (χ4n) is 1.41. The van der Waals surface area contributed by atoms with Gasteiger partial charge in [0, 0.05) is 5.92 Å². The van der Waals surface area contributed by atoms with E-state index >= 15 is 0 Å². The van der Waals surface area contributed by atoms with Crippen LogP contribution >= 0.6 is 23.1 Å². The van der Waals surface area contributed by atoms with Gasteiger partial charge >= 0.3 is 0 Å². The minimum atomic E-state index is -0.349. The van der Waals surface area contributed by atoms with Crippen LogP contribution < -0.4 is 5.32 Å². The molecule has 0 atom stereocenters. The second-order valence-corrected chi connectivity index (χ2v) is 5.58. The van der Waals surface area contributed by atoms with Gasteiger partial charge in [-0.2, -0.15) is 4.37 Å². The van der Waals surface area contributed by atoms with Gasteiger partial charge in [-0.05, 0) is 24.5 Å². The van der Waals surface area contributed by atoms with E-state index in [2.05, 4.69) is 19.7 Å². The number of carbonyl (C=O) groups is 1. The van der Waals surface area contributed by atoms with Crippen molar-refractivity contribution in [2.75, 3.05) is 5.32 Å². The van der Waals surface area contributed by atoms with E-state index in [1.807, 2.05) is 20.8 Å². The third-order valence-electron chi connectivity index (χ3n) is 2.36. The van der Waals surface area contributed by atoms with Crippen LogP contribution in [0.3, 0.4) is 0 Å². The van der Waals surface area contributed by atoms with Gasteiger partial charge in [-0.25, -0.2) is 9.97 Å². The summed E-state index contributed by atoms with van der Waals surface area (Å²) in [5, 5.41) is 3.64. The molecular weight excluding hydrogens is 284 g/mol. The van der Waals surface area contributed by atoms with Crippen molar-refractivity contribution in [2.24, 2.45) is 0 Å². The van der Waals surface area contributed by atoms with Gasteiger partial charge in [-0.1, -0.05) is 25.4 Å². The Bertz CT molecular complexity index is 612. The summed E-state index contributed by atoms with van der Waals surface area (Å²) < 4.78 is 4.09. The number of nitrogens with one attached hydrogen (secondary N) is 1. The predicted octanol–water partition coefficient (Wildman–Crippen LogP) is 3.27. The molecule has 2 aromatic heterocycles. The van der Waals surface area contributed by atoms with Gasteiger partial charge in [0.05, 0.1) is 16.9 Å². The lowest BCUT2D eigenvalue weighted by molar-refractivity contribution is 0.102. The van der Waals surface area contributed by atoms with Crippen LogP contribution in [0.25, 0.3) is 0 Å². The number of aryl methyl sites for hydroxylation is 1. The molecular formula is C12H13ClN4OS. The Morgan fingerprint density at radius 2 is 2.21 bits per heavy atom. The predicted molar refractivity (Wildman–Crippen MR) is 75.9 cm³/mol. The number of anilines is 1. The Hall–Kier alpha value is -1.53. The normalized spacial score (nSPS) is 10.8. The van der Waals surface area contributed by atoms with Gasteiger partial charge < -0.3 is 5.32 Å². The van der Waals surface area contributed by atoms with E-state index in [-0.39, 0.29) is 22.5 Å². The van der Waals surface area contributed by atoms with Crippen LogP contribution in [0.5, 0.6) is 0 Å². The van der Waals surface area contributed by atoms with Crippen LogP contribution in [0.15, 0.2) is 12.3 Å². The van der Waals surface area contributed by atoms with Crippen LogP contribution in [0.1, 0.15) is 41.8 Å². The molecule has 0 saturated carbocycles. The molecule has 1 N–H and O–H groups in total. The van der Waals surface area contributed by atoms with Crippen molar-refractivity contribution in [3.8, 4) is 0 Å². The first-order valence-electron chi connectivity index (χ1n) is 5.74. The summed E-state index contributed by atoms with van der Waals surface area (Å²) in [5.74, 6) is 0.377. The molecule has 0 fully saturated rings. The quantitative estimate of drug-likeness (QED) is 0.944. The van der Waals surface area contributed by atoms with Crippen molar-refractivity contribution in [1.29, 1.82) is 0 Å². The molecule has 5 nitrogen and oxygen atoms in total. The van der Waals surface area contributed by atoms with Gasteiger partial charge in [0.2, 0.25) is 0 Å². The highest BCUT2D eigenvalue weighted by Crippen LogP contribution is 2.20. The minimum Gasteiger partial charge on any atom is -0.311 e. The van der Waals surface area contributed by atoms with E-state index in [0.29, 0.717) is 10.8 Å². The third-order valence-corrected chi connectivity index (χ3v) is 3.43. The van der Waals surface area contributed by atoms with Crippen molar-refractivity contribution in [1.82, 2.24) is 14.3 Å². The van der Waals surface area contributed by atoms with Crippen LogP contribution in [0, 0.1) is 6.92 Å². The van der Waals surface area contributed by atoms with E-state index in [9.17, 15) is 4.79 Å². The summed E-state index contributed by atoms with van der Waals surface area (Å²) in [6.07, 6.45) is 1.46. The number of halogens is 1. The molecule has 0 saturated heterocycles. The van der Waals surface area contributed by atoms with E-state index in [1.165, 1.54) is 17.7 Å². The Balaban J connectivity index is 2.25. The fraction of sp³-hybridized carbons (Fsp3) is 0.333. The molecule has 7 heteroatoms. The third kappa shape index (κ3) is 3.27. The Morgan fingerprint density at radius 3 is 2.79 bits per heavy atom. The number of nitrogens with zero attached hydrogens (tertiary/aromatic N) is 3. The molecule has 0 bridgehead atoms. The molecule has 0 aromatic carbocycles. The highest BCUT2D eigenvalue weighted by Gasteiger charge is 2.16. The minimum absolute atomic E-state index is 0.134. The maximum absolute atomic E-state index is 12.1. The number of hydrogen-bond acceptors (Lipinski definition) is 5. The Morgan fingerprint density at radius 1 is 1.47 bits per heavy atom. The highest BCUT2D eigenvalue weighted by atomic mass is 35.5. The van der Waals surface area contributed by atoms with Crippen molar-refractivity contribution in [2.45, 2.75) is 26.7 Å². The molecule has 0 aliphatic heterocycles. The number of hydrogen-bond donors (Lipinski definition) is 1. The van der Waals surface area contributed by atoms with E-state index in [4.69, 9.17) is 11.6 Å². The lowest BCUT2D eigenvalue weighted by Crippen LogP contribution is -2.15. The van der Waals surface area contributed by atoms with Gasteiger partial charge in [-0.3, -0.25) is 4.79 Å². The molecule has 0 spiro atoms. The van der Waals surface area contributed by atoms with E-state index in [0.717, 1.165) is 5.69 Å². The fourth-order valence-corrected chi connectivity index (χ4v) is 2.25. The maximum atomic E-state index is 12.1. The van der Waals surface area contributed by atoms with Crippen LogP contribution in [0.4, 0.5) is 5.00 Å². The Kier molecular flexibility index (Phi) is 4.11. The summed E-state index contributed by atoms with van der Waals surface area (Å²) in [6.45, 7) is 5.77. The van der Waals surface area contributed by atoms with E-state index in [1.54, 1.807) is 6.07 Å². The summed E-state index contributed by atoms with van der Waals surface area (Å²) in [4.78, 5) is 20.4. The van der Waals surface area contributed by atoms with Gasteiger partial charge in [0.1, 0.15) is 10.8 Å². The molecule has 0 aliphatic carbocycles. The first-order valence-corrected chi connectivity index (χ1v) is 6.89. The second kappa shape index (κ2) is 5.63. The molecule has 0 aliphatic rings. The zero-order chi connectivity index (χ0) is 14.0. The van der Waals surface area contributed by atoms with Crippen molar-refractivity contribution < 1.29 is 4.79 Å². The standard InChI is InChI=1S/C12H13ClN4OS/c1-6(2)11-14-5-8(13)10(16-11)12(18)15-9-4-7(3)17-19-9/h4-6H,1-3H3,(H,15,18). The molecule has 2 heterocycles. The lowest BCUT2D eigenvalue weighted by Gasteiger charge is -2.07. The molecule has 2 aromatic rings. The monoisotopic (exact) mass is 296 g/mol. The van der Waals surface area contributed by atoms with Crippen LogP contribution in [-0.2, 0) is 0 Å². The number of carbonyl (C=O) groups excluding carboxylic acids is 1. The molecule has 1 amide bonds. The van der Waals surface area contributed by atoms with Crippen molar-refractivity contribution >= 4 is 34.0 Å². The number of amides is 1. The summed E-state index contributed by atoms with van der Waals surface area (Å²) in [6, 6.07) is 1.79. The molecule has 0 radical (unpaired) electrons. The van der Waals surface area contributed by atoms with Gasteiger partial charge in [0.25, 0.3) is 5.91 Å². The lowest BCUT2D eigenvalue weighted by atomic mass is 10.2. The summed E-state index contributed by atoms with van der Waals surface area (Å²) >= 11 is 7.19. The molecule has 2 rings (SSSR count). The molecule has 100 valence electrons. The smallest absolute Gasteiger partial charge is 0.276 e. The first kappa shape index (κ1) is 13.9. The first-order chi connectivity index (χ1) is 8.97. The number of rotatable bonds is 3. The highest BCUT2D eigenvalue weighted by molar-refractivity contribution is 7.10. The zero-order valence-electron chi connectivity index (χ0n) is 10.8. The van der Waals surface area contributed by atoms with Crippen LogP contribution in [0.2, 0.25) is 5.02 Å². The van der Waals surface area contributed by atoms with Crippen LogP contribution in [-0.4, -0.2) is 20.2 Å². The SMILES string of the molecule is Cc1cc(NC(=O)c2nc(C(C)C)ncc2Cl)sn1. The molecule has 0 unspecified atom stereocenters. The summed E-state index contributed by atoms with van der Waals surface area (Å²) in [5.41, 5.74) is 1.04. The largest absolute Gasteiger partial charge is 0.311 e. The van der Waals surface area contributed by atoms with Gasteiger partial charge in [-0.15, -0.1) is 0 Å². The average molecular weight is 297 g/mol. The van der Waals surface area contributed by atoms with Crippen molar-refractivity contribution in [3.05, 3.63) is 34.5 Å². The van der Waals surface area contributed by atoms with Gasteiger partial charge in [0.15, 0.2) is 5.69 Å². The topological polar surface area (TPSA) is 67.8 Å². The zero-order valence-corrected chi connectivity index (χ0v) is 12.3. The second-order valence-electron chi connectivity index (χ2n) is 4.37.